The maximum absolute atomic E-state index is 13.6. The van der Waals surface area contributed by atoms with Gasteiger partial charge in [0, 0.05) is 22.1 Å². The van der Waals surface area contributed by atoms with Gasteiger partial charge in [-0.15, -0.1) is 0 Å². The Morgan fingerprint density at radius 3 is 2.44 bits per heavy atom. The summed E-state index contributed by atoms with van der Waals surface area (Å²) in [5, 5.41) is 2.18. The lowest BCUT2D eigenvalue weighted by atomic mass is 9.95. The van der Waals surface area contributed by atoms with Gasteiger partial charge in [-0.25, -0.2) is 14.3 Å². The normalized spacial score (nSPS) is 15.6. The van der Waals surface area contributed by atoms with Crippen molar-refractivity contribution in [3.8, 4) is 5.82 Å². The molecular formula is C22H20BrN3O. The summed E-state index contributed by atoms with van der Waals surface area (Å²) in [5.74, 6) is 0.675. The number of fused-ring (bicyclic) bond motifs is 3. The Labute approximate surface area is 165 Å². The van der Waals surface area contributed by atoms with Crippen LogP contribution in [0.4, 0.5) is 0 Å². The summed E-state index contributed by atoms with van der Waals surface area (Å²) in [7, 11) is 0. The highest BCUT2D eigenvalue weighted by molar-refractivity contribution is 9.10. The lowest BCUT2D eigenvalue weighted by molar-refractivity contribution is 0.352. The van der Waals surface area contributed by atoms with Gasteiger partial charge < -0.3 is 0 Å². The molecule has 1 fully saturated rings. The quantitative estimate of drug-likeness (QED) is 0.421. The Balaban J connectivity index is 1.94. The molecule has 136 valence electrons. The van der Waals surface area contributed by atoms with E-state index in [1.807, 2.05) is 34.9 Å². The summed E-state index contributed by atoms with van der Waals surface area (Å²) < 4.78 is 4.83. The number of hydrogen-bond donors (Lipinski definition) is 0. The average Bonchev–Trinajstić information content (AvgIpc) is 3.01. The molecule has 0 aliphatic heterocycles. The van der Waals surface area contributed by atoms with E-state index < -0.39 is 0 Å². The van der Waals surface area contributed by atoms with Crippen LogP contribution in [0.1, 0.15) is 38.1 Å². The molecule has 1 aliphatic rings. The second-order valence-electron chi connectivity index (χ2n) is 7.24. The number of rotatable bonds is 2. The summed E-state index contributed by atoms with van der Waals surface area (Å²) in [6, 6.07) is 16.3. The number of hydrogen-bond acceptors (Lipinski definition) is 2. The lowest BCUT2D eigenvalue weighted by Gasteiger charge is -2.23. The molecule has 5 rings (SSSR count). The van der Waals surface area contributed by atoms with Crippen molar-refractivity contribution in [2.24, 2.45) is 0 Å². The molecule has 27 heavy (non-hydrogen) atoms. The largest absolute Gasteiger partial charge is 0.335 e. The van der Waals surface area contributed by atoms with Gasteiger partial charge in [-0.05, 0) is 36.4 Å². The Kier molecular flexibility index (Phi) is 4.12. The first-order chi connectivity index (χ1) is 13.3. The van der Waals surface area contributed by atoms with Crippen molar-refractivity contribution in [3.05, 3.63) is 69.7 Å². The average molecular weight is 422 g/mol. The highest BCUT2D eigenvalue weighted by Crippen LogP contribution is 2.36. The molecule has 1 aliphatic carbocycles. The molecule has 0 atom stereocenters. The van der Waals surface area contributed by atoms with Crippen LogP contribution in [-0.2, 0) is 0 Å². The van der Waals surface area contributed by atoms with E-state index in [2.05, 4.69) is 39.1 Å². The van der Waals surface area contributed by atoms with Crippen LogP contribution in [0.2, 0.25) is 0 Å². The molecule has 4 aromatic rings. The maximum Gasteiger partial charge on any atom is 0.335 e. The summed E-state index contributed by atoms with van der Waals surface area (Å²) in [5.41, 5.74) is 1.95. The first kappa shape index (κ1) is 16.8. The van der Waals surface area contributed by atoms with Gasteiger partial charge in [0.2, 0.25) is 0 Å². The van der Waals surface area contributed by atoms with E-state index in [9.17, 15) is 4.79 Å². The molecular weight excluding hydrogens is 402 g/mol. The van der Waals surface area contributed by atoms with Crippen LogP contribution in [0.3, 0.4) is 0 Å². The van der Waals surface area contributed by atoms with E-state index in [-0.39, 0.29) is 11.7 Å². The predicted molar refractivity (Wildman–Crippen MR) is 113 cm³/mol. The fourth-order valence-electron chi connectivity index (χ4n) is 4.42. The van der Waals surface area contributed by atoms with Gasteiger partial charge in [-0.3, -0.25) is 4.57 Å². The van der Waals surface area contributed by atoms with Crippen LogP contribution in [-0.4, -0.2) is 14.1 Å². The fraction of sp³-hybridized carbons (Fsp3) is 0.273. The molecule has 0 N–H and O–H groups in total. The summed E-state index contributed by atoms with van der Waals surface area (Å²) in [6.45, 7) is 0. The summed E-state index contributed by atoms with van der Waals surface area (Å²) >= 11 is 3.73. The van der Waals surface area contributed by atoms with Gasteiger partial charge in [0.1, 0.15) is 5.82 Å². The molecule has 0 spiro atoms. The number of nitrogens with zero attached hydrogens (tertiary/aromatic N) is 3. The third kappa shape index (κ3) is 2.64. The Morgan fingerprint density at radius 1 is 0.963 bits per heavy atom. The zero-order chi connectivity index (χ0) is 18.4. The molecule has 1 saturated carbocycles. The van der Waals surface area contributed by atoms with Crippen LogP contribution in [0.15, 0.2) is 64.0 Å². The topological polar surface area (TPSA) is 39.8 Å². The third-order valence-corrected chi connectivity index (χ3v) is 6.30. The van der Waals surface area contributed by atoms with E-state index in [1.165, 1.54) is 19.3 Å². The highest BCUT2D eigenvalue weighted by atomic mass is 79.9. The standard InChI is InChI=1S/C22H20BrN3O/c23-18-14-19-21(17-11-5-4-10-16(17)18)26(20-12-6-7-13-24-20)22(27)25(19)15-8-2-1-3-9-15/h4-7,10-15H,1-3,8-9H2. The minimum absolute atomic E-state index is 0.0128. The summed E-state index contributed by atoms with van der Waals surface area (Å²) in [4.78, 5) is 18.1. The maximum atomic E-state index is 13.6. The number of benzene rings is 2. The van der Waals surface area contributed by atoms with E-state index in [0.29, 0.717) is 5.82 Å². The van der Waals surface area contributed by atoms with Crippen molar-refractivity contribution in [1.82, 2.24) is 14.1 Å². The molecule has 0 unspecified atom stereocenters. The number of aromatic nitrogens is 3. The van der Waals surface area contributed by atoms with Crippen molar-refractivity contribution in [3.63, 3.8) is 0 Å². The number of halogens is 1. The molecule has 4 nitrogen and oxygen atoms in total. The van der Waals surface area contributed by atoms with Gasteiger partial charge in [-0.1, -0.05) is 65.5 Å². The van der Waals surface area contributed by atoms with Crippen molar-refractivity contribution >= 4 is 37.7 Å². The second kappa shape index (κ2) is 6.64. The Bertz CT molecular complexity index is 1190. The van der Waals surface area contributed by atoms with Gasteiger partial charge in [0.05, 0.1) is 11.0 Å². The van der Waals surface area contributed by atoms with Crippen LogP contribution in [0, 0.1) is 0 Å². The minimum atomic E-state index is 0.0128. The SMILES string of the molecule is O=c1n(-c2ccccn2)c2c3ccccc3c(Br)cc2n1C1CCCCC1. The highest BCUT2D eigenvalue weighted by Gasteiger charge is 2.25. The Hall–Kier alpha value is -2.40. The third-order valence-electron chi connectivity index (χ3n) is 5.64. The molecule has 2 heterocycles. The first-order valence-electron chi connectivity index (χ1n) is 9.51. The number of imidazole rings is 1. The minimum Gasteiger partial charge on any atom is -0.288 e. The zero-order valence-electron chi connectivity index (χ0n) is 14.9. The van der Waals surface area contributed by atoms with Gasteiger partial charge in [0.25, 0.3) is 0 Å². The van der Waals surface area contributed by atoms with Gasteiger partial charge in [-0.2, -0.15) is 0 Å². The second-order valence-corrected chi connectivity index (χ2v) is 8.09. The molecule has 0 radical (unpaired) electrons. The van der Waals surface area contributed by atoms with E-state index in [1.54, 1.807) is 10.8 Å². The van der Waals surface area contributed by atoms with Crippen LogP contribution in [0.5, 0.6) is 0 Å². The van der Waals surface area contributed by atoms with Crippen molar-refractivity contribution in [2.45, 2.75) is 38.1 Å². The molecule has 0 bridgehead atoms. The first-order valence-corrected chi connectivity index (χ1v) is 10.3. The molecule has 5 heteroatoms. The van der Waals surface area contributed by atoms with Crippen LogP contribution in [0.25, 0.3) is 27.6 Å². The Morgan fingerprint density at radius 2 is 1.70 bits per heavy atom. The van der Waals surface area contributed by atoms with Crippen molar-refractivity contribution < 1.29 is 0 Å². The molecule has 2 aromatic carbocycles. The number of pyridine rings is 1. The molecule has 0 saturated heterocycles. The molecule has 2 aromatic heterocycles. The summed E-state index contributed by atoms with van der Waals surface area (Å²) in [6.07, 6.45) is 7.49. The van der Waals surface area contributed by atoms with E-state index in [4.69, 9.17) is 0 Å². The van der Waals surface area contributed by atoms with E-state index >= 15 is 0 Å². The van der Waals surface area contributed by atoms with E-state index in [0.717, 1.165) is 39.1 Å². The molecule has 0 amide bonds. The van der Waals surface area contributed by atoms with Gasteiger partial charge >= 0.3 is 5.69 Å². The van der Waals surface area contributed by atoms with Crippen LogP contribution < -0.4 is 5.69 Å². The monoisotopic (exact) mass is 421 g/mol. The van der Waals surface area contributed by atoms with Crippen LogP contribution >= 0.6 is 15.9 Å². The predicted octanol–water partition coefficient (Wildman–Crippen LogP) is 5.61. The zero-order valence-corrected chi connectivity index (χ0v) is 16.5. The smallest absolute Gasteiger partial charge is 0.288 e. The van der Waals surface area contributed by atoms with Crippen molar-refractivity contribution in [1.29, 1.82) is 0 Å². The van der Waals surface area contributed by atoms with Crippen molar-refractivity contribution in [2.75, 3.05) is 0 Å². The van der Waals surface area contributed by atoms with Gasteiger partial charge in [0.15, 0.2) is 0 Å². The fourth-order valence-corrected chi connectivity index (χ4v) is 4.98. The lowest BCUT2D eigenvalue weighted by Crippen LogP contribution is -2.28.